The number of nitrogen functional groups attached to an aromatic ring is 1. The van der Waals surface area contributed by atoms with E-state index in [4.69, 9.17) is 24.7 Å². The molecule has 5 rings (SSSR count). The van der Waals surface area contributed by atoms with E-state index in [0.29, 0.717) is 18.7 Å². The van der Waals surface area contributed by atoms with E-state index in [2.05, 4.69) is 0 Å². The van der Waals surface area contributed by atoms with Gasteiger partial charge in [-0.05, 0) is 48.6 Å². The molecule has 11 heteroatoms. The Morgan fingerprint density at radius 2 is 1.80 bits per heavy atom. The molecule has 10 nitrogen and oxygen atoms in total. The lowest BCUT2D eigenvalue weighted by molar-refractivity contribution is -0.189. The normalized spacial score (nSPS) is 27.1. The molecule has 7 atom stereocenters. The Morgan fingerprint density at radius 1 is 1.07 bits per heavy atom. The number of aliphatic hydroxyl groups excluding tert-OH is 1. The molecule has 2 aromatic rings. The quantitative estimate of drug-likeness (QED) is 0.283. The van der Waals surface area contributed by atoms with E-state index in [1.165, 1.54) is 28.6 Å². The highest BCUT2D eigenvalue weighted by molar-refractivity contribution is 7.89. The van der Waals surface area contributed by atoms with Gasteiger partial charge in [0.1, 0.15) is 6.10 Å². The van der Waals surface area contributed by atoms with E-state index >= 15 is 0 Å². The van der Waals surface area contributed by atoms with Crippen LogP contribution in [0.2, 0.25) is 0 Å². The SMILES string of the molecule is CC(C)CN(C[C@@H](O)[C@@H](CC(=O)O[C@H]1CO[C@H]2O[C@@H]3OCC[C@@H]3[C@H]21)Cc1ccccc1)S(=O)(=O)c1ccc(N)cc1. The summed E-state index contributed by atoms with van der Waals surface area (Å²) in [5.74, 6) is -1.000. The van der Waals surface area contributed by atoms with E-state index in [0.717, 1.165) is 12.0 Å². The van der Waals surface area contributed by atoms with Crippen LogP contribution < -0.4 is 5.73 Å². The van der Waals surface area contributed by atoms with Crippen molar-refractivity contribution in [3.8, 4) is 0 Å². The summed E-state index contributed by atoms with van der Waals surface area (Å²) in [6.45, 7) is 4.73. The van der Waals surface area contributed by atoms with Crippen molar-refractivity contribution in [3.05, 3.63) is 60.2 Å². The van der Waals surface area contributed by atoms with Crippen LogP contribution in [0.4, 0.5) is 5.69 Å². The monoisotopic (exact) mass is 588 g/mol. The van der Waals surface area contributed by atoms with Crippen LogP contribution in [0, 0.1) is 23.7 Å². The van der Waals surface area contributed by atoms with Gasteiger partial charge in [0.25, 0.3) is 0 Å². The third kappa shape index (κ3) is 6.93. The second-order valence-corrected chi connectivity index (χ2v) is 13.6. The Kier molecular flexibility index (Phi) is 9.32. The molecular formula is C30H40N2O8S. The molecule has 0 aliphatic carbocycles. The minimum absolute atomic E-state index is 0.00984. The van der Waals surface area contributed by atoms with E-state index in [1.54, 1.807) is 0 Å². The number of fused-ring (bicyclic) bond motifs is 3. The summed E-state index contributed by atoms with van der Waals surface area (Å²) in [7, 11) is -3.92. The Bertz CT molecular complexity index is 1270. The second-order valence-electron chi connectivity index (χ2n) is 11.6. The summed E-state index contributed by atoms with van der Waals surface area (Å²) in [5, 5.41) is 11.5. The van der Waals surface area contributed by atoms with E-state index in [1.807, 2.05) is 44.2 Å². The van der Waals surface area contributed by atoms with Crippen molar-refractivity contribution in [1.82, 2.24) is 4.31 Å². The molecule has 3 fully saturated rings. The maximum atomic E-state index is 13.6. The van der Waals surface area contributed by atoms with Crippen LogP contribution in [0.5, 0.6) is 0 Å². The fraction of sp³-hybridized carbons (Fsp3) is 0.567. The third-order valence-electron chi connectivity index (χ3n) is 8.09. The number of carbonyl (C=O) groups excluding carboxylic acids is 1. The van der Waals surface area contributed by atoms with Crippen LogP contribution in [0.15, 0.2) is 59.5 Å². The molecule has 0 amide bonds. The summed E-state index contributed by atoms with van der Waals surface area (Å²) >= 11 is 0. The number of esters is 1. The van der Waals surface area contributed by atoms with Gasteiger partial charge in [-0.3, -0.25) is 4.79 Å². The number of rotatable bonds is 12. The van der Waals surface area contributed by atoms with Gasteiger partial charge >= 0.3 is 5.97 Å². The van der Waals surface area contributed by atoms with Crippen LogP contribution in [-0.4, -0.2) is 74.9 Å². The smallest absolute Gasteiger partial charge is 0.306 e. The zero-order valence-electron chi connectivity index (χ0n) is 23.5. The average Bonchev–Trinajstić information content (AvgIpc) is 3.62. The molecule has 0 spiro atoms. The molecule has 0 radical (unpaired) electrons. The van der Waals surface area contributed by atoms with Crippen molar-refractivity contribution in [3.63, 3.8) is 0 Å². The lowest BCUT2D eigenvalue weighted by Crippen LogP contribution is -2.43. The second kappa shape index (κ2) is 12.8. The Balaban J connectivity index is 1.31. The van der Waals surface area contributed by atoms with Crippen LogP contribution in [-0.2, 0) is 40.2 Å². The number of aliphatic hydroxyl groups is 1. The van der Waals surface area contributed by atoms with Crippen molar-refractivity contribution in [2.75, 3.05) is 32.0 Å². The third-order valence-corrected chi connectivity index (χ3v) is 9.93. The number of anilines is 1. The maximum absolute atomic E-state index is 13.6. The fourth-order valence-corrected chi connectivity index (χ4v) is 7.67. The van der Waals surface area contributed by atoms with Gasteiger partial charge in [-0.1, -0.05) is 44.2 Å². The van der Waals surface area contributed by atoms with Gasteiger partial charge in [0.2, 0.25) is 10.0 Å². The molecule has 0 unspecified atom stereocenters. The van der Waals surface area contributed by atoms with Crippen LogP contribution in [0.1, 0.15) is 32.3 Å². The molecule has 0 bridgehead atoms. The molecule has 2 aromatic carbocycles. The first-order valence-corrected chi connectivity index (χ1v) is 15.7. The van der Waals surface area contributed by atoms with E-state index in [-0.39, 0.29) is 55.1 Å². The number of nitrogens with two attached hydrogens (primary N) is 1. The first kappa shape index (κ1) is 29.9. The molecule has 3 heterocycles. The summed E-state index contributed by atoms with van der Waals surface area (Å²) in [5.41, 5.74) is 7.16. The molecule has 3 N–H and O–H groups in total. The van der Waals surface area contributed by atoms with Gasteiger partial charge in [-0.15, -0.1) is 0 Å². The van der Waals surface area contributed by atoms with Crippen molar-refractivity contribution in [1.29, 1.82) is 0 Å². The number of hydrogen-bond acceptors (Lipinski definition) is 9. The zero-order valence-corrected chi connectivity index (χ0v) is 24.3. The summed E-state index contributed by atoms with van der Waals surface area (Å²) < 4.78 is 51.6. The fourth-order valence-electron chi connectivity index (χ4n) is 6.05. The number of sulfonamides is 1. The van der Waals surface area contributed by atoms with Crippen LogP contribution in [0.3, 0.4) is 0 Å². The van der Waals surface area contributed by atoms with Crippen molar-refractivity contribution >= 4 is 21.7 Å². The Labute approximate surface area is 241 Å². The topological polar surface area (TPSA) is 138 Å². The zero-order chi connectivity index (χ0) is 29.1. The lowest BCUT2D eigenvalue weighted by atomic mass is 9.88. The first-order chi connectivity index (χ1) is 19.6. The number of benzene rings is 2. The maximum Gasteiger partial charge on any atom is 0.306 e. The lowest BCUT2D eigenvalue weighted by Gasteiger charge is -2.30. The van der Waals surface area contributed by atoms with Gasteiger partial charge < -0.3 is 29.8 Å². The van der Waals surface area contributed by atoms with Crippen LogP contribution in [0.25, 0.3) is 0 Å². The van der Waals surface area contributed by atoms with Crippen molar-refractivity contribution in [2.24, 2.45) is 23.7 Å². The van der Waals surface area contributed by atoms with Gasteiger partial charge in [0.05, 0.1) is 36.6 Å². The largest absolute Gasteiger partial charge is 0.459 e. The van der Waals surface area contributed by atoms with Gasteiger partial charge in [-0.2, -0.15) is 4.31 Å². The number of ether oxygens (including phenoxy) is 4. The number of carbonyl (C=O) groups is 1. The standard InChI is InChI=1S/C30H40N2O8S/c1-19(2)16-32(41(35,36)23-10-8-22(31)9-11-23)17-25(33)21(14-20-6-4-3-5-7-20)15-27(34)39-26-18-38-30-28(26)24-12-13-37-29(24)40-30/h3-11,19,21,24-26,28-30,33H,12-18,31H2,1-2H3/t21-,24-,25-,26+,28+,29+,30+/m1/s1. The summed E-state index contributed by atoms with van der Waals surface area (Å²) in [4.78, 5) is 13.4. The molecular weight excluding hydrogens is 548 g/mol. The minimum Gasteiger partial charge on any atom is -0.459 e. The molecule has 0 aromatic heterocycles. The average molecular weight is 589 g/mol. The predicted molar refractivity (Wildman–Crippen MR) is 151 cm³/mol. The number of nitrogens with zero attached hydrogens (tertiary/aromatic N) is 1. The Hall–Kier alpha value is -2.54. The Morgan fingerprint density at radius 3 is 2.51 bits per heavy atom. The highest BCUT2D eigenvalue weighted by Crippen LogP contribution is 2.46. The minimum atomic E-state index is -3.92. The predicted octanol–water partition coefficient (Wildman–Crippen LogP) is 2.80. The van der Waals surface area contributed by atoms with E-state index < -0.39 is 40.4 Å². The van der Waals surface area contributed by atoms with Crippen LogP contribution >= 0.6 is 0 Å². The molecule has 41 heavy (non-hydrogen) atoms. The van der Waals surface area contributed by atoms with E-state index in [9.17, 15) is 18.3 Å². The van der Waals surface area contributed by atoms with Gasteiger partial charge in [-0.25, -0.2) is 8.42 Å². The molecule has 224 valence electrons. The molecule has 3 aliphatic heterocycles. The van der Waals surface area contributed by atoms with Crippen molar-refractivity contribution < 1.29 is 37.3 Å². The molecule has 3 saturated heterocycles. The highest BCUT2D eigenvalue weighted by atomic mass is 32.2. The number of hydrogen-bond donors (Lipinski definition) is 2. The summed E-state index contributed by atoms with van der Waals surface area (Å²) in [6, 6.07) is 15.5. The molecule has 3 aliphatic rings. The van der Waals surface area contributed by atoms with Crippen molar-refractivity contribution in [2.45, 2.75) is 62.8 Å². The first-order valence-electron chi connectivity index (χ1n) is 14.3. The van der Waals surface area contributed by atoms with Gasteiger partial charge in [0.15, 0.2) is 12.6 Å². The highest BCUT2D eigenvalue weighted by Gasteiger charge is 2.56. The summed E-state index contributed by atoms with van der Waals surface area (Å²) in [6.07, 6.45) is -1.23. The van der Waals surface area contributed by atoms with Gasteiger partial charge in [0, 0.05) is 30.6 Å². The molecule has 0 saturated carbocycles.